The summed E-state index contributed by atoms with van der Waals surface area (Å²) in [6.07, 6.45) is 3.62. The summed E-state index contributed by atoms with van der Waals surface area (Å²) in [5.74, 6) is 5.04. The highest BCUT2D eigenvalue weighted by Gasteiger charge is 2.47. The minimum atomic E-state index is -1.69. The van der Waals surface area contributed by atoms with Crippen LogP contribution in [0.15, 0.2) is 35.0 Å². The number of ether oxygens (including phenoxy) is 1. The Morgan fingerprint density at radius 3 is 2.37 bits per heavy atom. The number of methoxy groups -OCH3 is 1. The van der Waals surface area contributed by atoms with Gasteiger partial charge in [-0.15, -0.1) is 5.92 Å². The predicted molar refractivity (Wildman–Crippen MR) is 107 cm³/mol. The van der Waals surface area contributed by atoms with E-state index in [1.54, 1.807) is 6.92 Å². The molecule has 2 aliphatic rings. The summed E-state index contributed by atoms with van der Waals surface area (Å²) < 4.78 is 4.85. The lowest BCUT2D eigenvalue weighted by Gasteiger charge is -2.42. The van der Waals surface area contributed by atoms with Crippen molar-refractivity contribution in [2.24, 2.45) is 4.99 Å². The largest absolute Gasteiger partial charge is 0.464 e. The van der Waals surface area contributed by atoms with E-state index >= 15 is 0 Å². The van der Waals surface area contributed by atoms with Gasteiger partial charge in [0.1, 0.15) is 0 Å². The molecule has 1 aromatic carbocycles. The van der Waals surface area contributed by atoms with Crippen molar-refractivity contribution < 1.29 is 14.6 Å². The third-order valence-electron chi connectivity index (χ3n) is 5.96. The lowest BCUT2D eigenvalue weighted by Crippen LogP contribution is -2.41. The Kier molecular flexibility index (Phi) is 4.56. The lowest BCUT2D eigenvalue weighted by atomic mass is 9.62. The Balaban J connectivity index is 2.22. The number of carbonyl (C=O) groups excluding carboxylic acids is 1. The molecule has 1 unspecified atom stereocenters. The maximum Gasteiger partial charge on any atom is 0.356 e. The first kappa shape index (κ1) is 19.4. The van der Waals surface area contributed by atoms with Crippen LogP contribution in [-0.2, 0) is 26.0 Å². The number of aliphatic imine (C=N–C) groups is 1. The third kappa shape index (κ3) is 2.91. The first-order valence-electron chi connectivity index (χ1n) is 9.26. The Hall–Kier alpha value is -2.38. The fourth-order valence-corrected chi connectivity index (χ4v) is 4.10. The minimum absolute atomic E-state index is 0.0152. The maximum absolute atomic E-state index is 12.3. The number of benzene rings is 1. The van der Waals surface area contributed by atoms with E-state index in [0.29, 0.717) is 11.1 Å². The van der Waals surface area contributed by atoms with Gasteiger partial charge >= 0.3 is 5.97 Å². The maximum atomic E-state index is 12.3. The highest BCUT2D eigenvalue weighted by molar-refractivity contribution is 6.41. The topological polar surface area (TPSA) is 58.9 Å². The zero-order valence-electron chi connectivity index (χ0n) is 16.9. The van der Waals surface area contributed by atoms with Crippen LogP contribution in [0.5, 0.6) is 0 Å². The van der Waals surface area contributed by atoms with Crippen LogP contribution in [-0.4, -0.2) is 23.9 Å². The molecule has 3 rings (SSSR count). The van der Waals surface area contributed by atoms with Gasteiger partial charge in [0, 0.05) is 6.20 Å². The van der Waals surface area contributed by atoms with E-state index in [2.05, 4.69) is 50.6 Å². The van der Waals surface area contributed by atoms with Gasteiger partial charge in [0.25, 0.3) is 0 Å². The van der Waals surface area contributed by atoms with E-state index in [0.717, 1.165) is 12.8 Å². The van der Waals surface area contributed by atoms with Crippen molar-refractivity contribution in [1.82, 2.24) is 0 Å². The summed E-state index contributed by atoms with van der Waals surface area (Å²) in [4.78, 5) is 16.4. The Morgan fingerprint density at radius 2 is 1.78 bits per heavy atom. The molecular weight excluding hydrogens is 338 g/mol. The molecule has 4 nitrogen and oxygen atoms in total. The molecule has 0 saturated heterocycles. The predicted octanol–water partition coefficient (Wildman–Crippen LogP) is 3.76. The van der Waals surface area contributed by atoms with E-state index < -0.39 is 11.6 Å². The summed E-state index contributed by atoms with van der Waals surface area (Å²) >= 11 is 0. The molecular formula is C23H27NO3. The molecule has 1 aromatic rings. The molecule has 0 amide bonds. The Bertz CT molecular complexity index is 925. The second kappa shape index (κ2) is 6.35. The molecule has 0 radical (unpaired) electrons. The molecule has 0 aromatic heterocycles. The number of hydrogen-bond donors (Lipinski definition) is 1. The van der Waals surface area contributed by atoms with Crippen LogP contribution >= 0.6 is 0 Å². The van der Waals surface area contributed by atoms with Crippen LogP contribution in [0.2, 0.25) is 0 Å². The molecule has 0 spiro atoms. The molecule has 0 saturated carbocycles. The van der Waals surface area contributed by atoms with Crippen molar-refractivity contribution in [2.75, 3.05) is 7.11 Å². The van der Waals surface area contributed by atoms with Gasteiger partial charge in [-0.05, 0) is 47.3 Å². The number of fused-ring (bicyclic) bond motifs is 1. The highest BCUT2D eigenvalue weighted by atomic mass is 16.5. The van der Waals surface area contributed by atoms with Crippen LogP contribution in [0.25, 0.3) is 0 Å². The lowest BCUT2D eigenvalue weighted by molar-refractivity contribution is -0.133. The number of rotatable bonds is 2. The number of nitrogens with zero attached hydrogens (tertiary/aromatic N) is 1. The van der Waals surface area contributed by atoms with Gasteiger partial charge < -0.3 is 9.84 Å². The van der Waals surface area contributed by atoms with Crippen LogP contribution < -0.4 is 0 Å². The fourth-order valence-electron chi connectivity index (χ4n) is 4.10. The summed E-state index contributed by atoms with van der Waals surface area (Å²) in [7, 11) is 1.28. The number of esters is 1. The van der Waals surface area contributed by atoms with Crippen molar-refractivity contribution in [3.05, 3.63) is 46.7 Å². The summed E-state index contributed by atoms with van der Waals surface area (Å²) in [5, 5.41) is 11.6. The fraction of sp³-hybridized carbons (Fsp3) is 0.478. The van der Waals surface area contributed by atoms with Crippen molar-refractivity contribution in [3.63, 3.8) is 0 Å². The van der Waals surface area contributed by atoms with Crippen LogP contribution in [0.4, 0.5) is 0 Å². The van der Waals surface area contributed by atoms with Gasteiger partial charge in [0.15, 0.2) is 11.3 Å². The van der Waals surface area contributed by atoms with Crippen molar-refractivity contribution in [3.8, 4) is 11.8 Å². The highest BCUT2D eigenvalue weighted by Crippen LogP contribution is 2.47. The average Bonchev–Trinajstić information content (AvgIpc) is 2.96. The Morgan fingerprint density at radius 1 is 1.15 bits per heavy atom. The molecule has 1 N–H and O–H groups in total. The third-order valence-corrected chi connectivity index (χ3v) is 5.96. The van der Waals surface area contributed by atoms with Crippen LogP contribution in [0.1, 0.15) is 64.2 Å². The van der Waals surface area contributed by atoms with Crippen molar-refractivity contribution in [1.29, 1.82) is 0 Å². The monoisotopic (exact) mass is 365 g/mol. The molecule has 1 aliphatic carbocycles. The number of aliphatic hydroxyl groups is 1. The molecule has 0 fully saturated rings. The molecule has 0 bridgehead atoms. The molecule has 142 valence electrons. The Labute approximate surface area is 161 Å². The second-order valence-corrected chi connectivity index (χ2v) is 8.63. The van der Waals surface area contributed by atoms with E-state index in [1.165, 1.54) is 24.4 Å². The van der Waals surface area contributed by atoms with Crippen molar-refractivity contribution in [2.45, 2.75) is 63.9 Å². The average molecular weight is 365 g/mol. The summed E-state index contributed by atoms with van der Waals surface area (Å²) in [6.45, 7) is 10.6. The SMILES string of the molecule is CC#CC1=CN=C(C(=O)OC)C1(O)c1ccc2c(c1)C(C)(C)CCC2(C)C. The van der Waals surface area contributed by atoms with E-state index in [9.17, 15) is 9.90 Å². The standard InChI is InChI=1S/C23H27NO3/c1-7-8-16-14-24-19(20(25)27-6)23(16,26)15-9-10-17-18(13-15)22(4,5)12-11-21(17,2)3/h9-10,13-14,26H,11-12H2,1-6H3. The molecule has 1 heterocycles. The molecule has 4 heteroatoms. The van der Waals surface area contributed by atoms with E-state index in [4.69, 9.17) is 4.74 Å². The molecule has 1 atom stereocenters. The summed E-state index contributed by atoms with van der Waals surface area (Å²) in [5.41, 5.74) is 1.79. The second-order valence-electron chi connectivity index (χ2n) is 8.63. The van der Waals surface area contributed by atoms with Gasteiger partial charge in [0.05, 0.1) is 12.7 Å². The number of hydrogen-bond acceptors (Lipinski definition) is 4. The summed E-state index contributed by atoms with van der Waals surface area (Å²) in [6, 6.07) is 5.98. The van der Waals surface area contributed by atoms with E-state index in [1.807, 2.05) is 12.1 Å². The van der Waals surface area contributed by atoms with Gasteiger partial charge in [0.2, 0.25) is 0 Å². The van der Waals surface area contributed by atoms with Gasteiger partial charge in [-0.3, -0.25) is 0 Å². The minimum Gasteiger partial charge on any atom is -0.464 e. The number of carbonyl (C=O) groups is 1. The van der Waals surface area contributed by atoms with Crippen molar-refractivity contribution >= 4 is 11.7 Å². The quantitative estimate of drug-likeness (QED) is 0.641. The first-order valence-corrected chi connectivity index (χ1v) is 9.26. The molecule has 1 aliphatic heterocycles. The normalized spacial score (nSPS) is 24.9. The van der Waals surface area contributed by atoms with Gasteiger partial charge in [-0.2, -0.15) is 0 Å². The van der Waals surface area contributed by atoms with Gasteiger partial charge in [-0.1, -0.05) is 51.8 Å². The van der Waals surface area contributed by atoms with E-state index in [-0.39, 0.29) is 16.5 Å². The van der Waals surface area contributed by atoms with Gasteiger partial charge in [-0.25, -0.2) is 9.79 Å². The zero-order chi connectivity index (χ0) is 20.0. The smallest absolute Gasteiger partial charge is 0.356 e. The first-order chi connectivity index (χ1) is 12.6. The van der Waals surface area contributed by atoms with Crippen LogP contribution in [0, 0.1) is 11.8 Å². The zero-order valence-corrected chi connectivity index (χ0v) is 16.9. The molecule has 27 heavy (non-hydrogen) atoms. The van der Waals surface area contributed by atoms with Crippen LogP contribution in [0.3, 0.4) is 0 Å².